The molecule has 2 aromatic rings. The van der Waals surface area contributed by atoms with Crippen molar-refractivity contribution in [2.75, 3.05) is 0 Å². The molecule has 0 aromatic heterocycles. The van der Waals surface area contributed by atoms with Gasteiger partial charge in [-0.15, -0.1) is 0 Å². The van der Waals surface area contributed by atoms with E-state index in [-0.39, 0.29) is 7.22 Å². The van der Waals surface area contributed by atoms with Gasteiger partial charge in [0.05, 0.1) is 0 Å². The average molecular weight is 320 g/mol. The van der Waals surface area contributed by atoms with Gasteiger partial charge in [0.1, 0.15) is 0 Å². The molecule has 0 spiro atoms. The molecule has 0 aliphatic carbocycles. The zero-order valence-electron chi connectivity index (χ0n) is 7.94. The molecule has 0 bridgehead atoms. The zero-order chi connectivity index (χ0) is 10.7. The second kappa shape index (κ2) is 4.30. The quantitative estimate of drug-likeness (QED) is 0.744. The van der Waals surface area contributed by atoms with Gasteiger partial charge in [0.15, 0.2) is 0 Å². The Hall–Kier alpha value is -0.910. The van der Waals surface area contributed by atoms with Crippen LogP contribution >= 0.6 is 0 Å². The molecule has 0 fully saturated rings. The SMILES string of the molecule is F[Te](F)(c1ccccc1)c1ccccc1. The van der Waals surface area contributed by atoms with Crippen molar-refractivity contribution in [2.24, 2.45) is 0 Å². The summed E-state index contributed by atoms with van der Waals surface area (Å²) in [7, 11) is 0. The normalized spacial score (nSPS) is 12.4. The molecule has 0 amide bonds. The maximum atomic E-state index is 14.1. The third-order valence-electron chi connectivity index (χ3n) is 2.08. The van der Waals surface area contributed by atoms with Crippen LogP contribution in [0.2, 0.25) is 0 Å². The van der Waals surface area contributed by atoms with Crippen LogP contribution in [0.4, 0.5) is 5.78 Å². The van der Waals surface area contributed by atoms with E-state index in [4.69, 9.17) is 0 Å². The Morgan fingerprint density at radius 3 is 1.27 bits per heavy atom. The fraction of sp³-hybridized carbons (Fsp3) is 0. The van der Waals surface area contributed by atoms with Crippen LogP contribution in [0, 0.1) is 0 Å². The molecule has 0 saturated heterocycles. The first-order valence-electron chi connectivity index (χ1n) is 4.54. The predicted octanol–water partition coefficient (Wildman–Crippen LogP) is 2.18. The van der Waals surface area contributed by atoms with Crippen LogP contribution in [-0.4, -0.2) is 19.3 Å². The van der Waals surface area contributed by atoms with Gasteiger partial charge in [-0.3, -0.25) is 0 Å². The third-order valence-corrected chi connectivity index (χ3v) is 7.01. The van der Waals surface area contributed by atoms with Crippen molar-refractivity contribution >= 4 is 26.5 Å². The molecular weight excluding hydrogens is 310 g/mol. The standard InChI is InChI=1S/C12H10F2Te/c13-15(14,11-7-3-1-4-8-11)12-9-5-2-6-10-12/h1-10H. The van der Waals surface area contributed by atoms with Gasteiger partial charge >= 0.3 is 93.0 Å². The van der Waals surface area contributed by atoms with Crippen LogP contribution in [0.5, 0.6) is 0 Å². The van der Waals surface area contributed by atoms with Gasteiger partial charge in [0.25, 0.3) is 0 Å². The van der Waals surface area contributed by atoms with Gasteiger partial charge < -0.3 is 0 Å². The van der Waals surface area contributed by atoms with E-state index in [2.05, 4.69) is 0 Å². The molecule has 0 radical (unpaired) electrons. The molecule has 0 nitrogen and oxygen atoms in total. The molecule has 2 aromatic carbocycles. The van der Waals surface area contributed by atoms with E-state index < -0.39 is 19.3 Å². The minimum atomic E-state index is -5.02. The Bertz CT molecular complexity index is 384. The molecule has 0 aliphatic rings. The molecule has 2 rings (SSSR count). The van der Waals surface area contributed by atoms with Crippen molar-refractivity contribution in [1.29, 1.82) is 0 Å². The van der Waals surface area contributed by atoms with E-state index in [1.165, 1.54) is 24.3 Å². The Morgan fingerprint density at radius 2 is 0.933 bits per heavy atom. The molecule has 0 N–H and O–H groups in total. The molecule has 0 atom stereocenters. The van der Waals surface area contributed by atoms with Gasteiger partial charge in [0, 0.05) is 0 Å². The van der Waals surface area contributed by atoms with Crippen molar-refractivity contribution in [2.45, 2.75) is 0 Å². The summed E-state index contributed by atoms with van der Waals surface area (Å²) in [4.78, 5) is 0. The first-order valence-corrected chi connectivity index (χ1v) is 8.63. The first kappa shape index (κ1) is 10.6. The van der Waals surface area contributed by atoms with Crippen LogP contribution in [0.3, 0.4) is 0 Å². The van der Waals surface area contributed by atoms with E-state index in [0.29, 0.717) is 0 Å². The zero-order valence-corrected chi connectivity index (χ0v) is 10.3. The average Bonchev–Trinajstić information content (AvgIpc) is 2.31. The number of rotatable bonds is 2. The van der Waals surface area contributed by atoms with Crippen molar-refractivity contribution in [1.82, 2.24) is 0 Å². The van der Waals surface area contributed by atoms with E-state index in [9.17, 15) is 5.78 Å². The Morgan fingerprint density at radius 1 is 0.600 bits per heavy atom. The van der Waals surface area contributed by atoms with Crippen molar-refractivity contribution in [3.05, 3.63) is 60.7 Å². The van der Waals surface area contributed by atoms with Crippen LogP contribution in [-0.2, 0) is 0 Å². The predicted molar refractivity (Wildman–Crippen MR) is 60.1 cm³/mol. The molecule has 0 saturated carbocycles. The van der Waals surface area contributed by atoms with Crippen molar-refractivity contribution in [3.63, 3.8) is 0 Å². The topological polar surface area (TPSA) is 0 Å². The summed E-state index contributed by atoms with van der Waals surface area (Å²) in [6, 6.07) is 16.3. The van der Waals surface area contributed by atoms with E-state index in [0.717, 1.165) is 0 Å². The van der Waals surface area contributed by atoms with Crippen molar-refractivity contribution < 1.29 is 5.78 Å². The minimum absolute atomic E-state index is 0.214. The van der Waals surface area contributed by atoms with Crippen LogP contribution < -0.4 is 7.22 Å². The monoisotopic (exact) mass is 322 g/mol. The molecule has 15 heavy (non-hydrogen) atoms. The molecule has 78 valence electrons. The third kappa shape index (κ3) is 2.19. The van der Waals surface area contributed by atoms with Gasteiger partial charge in [-0.25, -0.2) is 0 Å². The van der Waals surface area contributed by atoms with Crippen molar-refractivity contribution in [3.8, 4) is 0 Å². The Kier molecular flexibility index (Phi) is 3.04. The van der Waals surface area contributed by atoms with Gasteiger partial charge in [0.2, 0.25) is 0 Å². The second-order valence-corrected chi connectivity index (χ2v) is 8.46. The van der Waals surface area contributed by atoms with Crippen LogP contribution in [0.25, 0.3) is 0 Å². The molecule has 0 heterocycles. The summed E-state index contributed by atoms with van der Waals surface area (Å²) in [6.07, 6.45) is 0. The maximum absolute atomic E-state index is 14.1. The van der Waals surface area contributed by atoms with Gasteiger partial charge in [-0.2, -0.15) is 0 Å². The van der Waals surface area contributed by atoms with E-state index >= 15 is 0 Å². The summed E-state index contributed by atoms with van der Waals surface area (Å²) in [6.45, 7) is 0. The Labute approximate surface area is 92.9 Å². The second-order valence-electron chi connectivity index (χ2n) is 3.10. The molecule has 3 heteroatoms. The summed E-state index contributed by atoms with van der Waals surface area (Å²) in [5.41, 5.74) is 0. The number of benzene rings is 2. The summed E-state index contributed by atoms with van der Waals surface area (Å²) in [5.74, 6) is 0. The number of hydrogen-bond donors (Lipinski definition) is 0. The van der Waals surface area contributed by atoms with Crippen LogP contribution in [0.1, 0.15) is 0 Å². The van der Waals surface area contributed by atoms with Crippen LogP contribution in [0.15, 0.2) is 60.7 Å². The van der Waals surface area contributed by atoms with E-state index in [1.54, 1.807) is 36.4 Å². The summed E-state index contributed by atoms with van der Waals surface area (Å²) < 4.78 is 28.6. The van der Waals surface area contributed by atoms with Gasteiger partial charge in [-0.05, 0) is 0 Å². The number of halogens is 2. The summed E-state index contributed by atoms with van der Waals surface area (Å²) in [5, 5.41) is 0. The number of hydrogen-bond acceptors (Lipinski definition) is 0. The first-order chi connectivity index (χ1) is 7.21. The van der Waals surface area contributed by atoms with E-state index in [1.807, 2.05) is 0 Å². The molecular formula is C12H10F2Te. The fourth-order valence-corrected chi connectivity index (χ4v) is 4.94. The molecule has 0 aliphatic heterocycles. The Balaban J connectivity index is 2.44. The summed E-state index contributed by atoms with van der Waals surface area (Å²) >= 11 is -5.02. The van der Waals surface area contributed by atoms with Gasteiger partial charge in [-0.1, -0.05) is 0 Å². The fourth-order valence-electron chi connectivity index (χ4n) is 1.32. The molecule has 0 unspecified atom stereocenters.